The maximum atomic E-state index is 11.2. The number of carboxylic acids is 1. The highest BCUT2D eigenvalue weighted by atomic mass is 16.4. The minimum absolute atomic E-state index is 0.234. The summed E-state index contributed by atoms with van der Waals surface area (Å²) in [5, 5.41) is 9.26. The Labute approximate surface area is 127 Å². The fraction of sp³-hybridized carbons (Fsp3) is 0.632. The van der Waals surface area contributed by atoms with Crippen LogP contribution in [0.3, 0.4) is 0 Å². The molecule has 0 saturated heterocycles. The zero-order valence-corrected chi connectivity index (χ0v) is 12.9. The summed E-state index contributed by atoms with van der Waals surface area (Å²) >= 11 is 0. The fourth-order valence-electron chi connectivity index (χ4n) is 4.01. The second kappa shape index (κ2) is 6.21. The lowest BCUT2D eigenvalue weighted by Crippen LogP contribution is -2.16. The zero-order chi connectivity index (χ0) is 14.8. The minimum Gasteiger partial charge on any atom is -0.481 e. The fourth-order valence-corrected chi connectivity index (χ4v) is 4.01. The summed E-state index contributed by atoms with van der Waals surface area (Å²) in [5.74, 6) is 1.68. The Morgan fingerprint density at radius 3 is 2.43 bits per heavy atom. The maximum Gasteiger partial charge on any atom is 0.303 e. The third kappa shape index (κ3) is 3.48. The van der Waals surface area contributed by atoms with Gasteiger partial charge in [0.05, 0.1) is 6.42 Å². The molecule has 1 unspecified atom stereocenters. The number of carboxylic acid groups (broad SMARTS) is 1. The number of hydrogen-bond donors (Lipinski definition) is 1. The normalized spacial score (nSPS) is 27.3. The van der Waals surface area contributed by atoms with E-state index in [1.54, 1.807) is 0 Å². The van der Waals surface area contributed by atoms with Crippen molar-refractivity contribution in [3.63, 3.8) is 0 Å². The van der Waals surface area contributed by atoms with E-state index in [2.05, 4.69) is 31.2 Å². The minimum atomic E-state index is -0.654. The quantitative estimate of drug-likeness (QED) is 0.831. The van der Waals surface area contributed by atoms with Gasteiger partial charge in [-0.05, 0) is 60.5 Å². The molecule has 2 heteroatoms. The van der Waals surface area contributed by atoms with Crippen molar-refractivity contribution in [1.82, 2.24) is 0 Å². The highest BCUT2D eigenvalue weighted by molar-refractivity contribution is 5.68. The number of hydrogen-bond acceptors (Lipinski definition) is 1. The zero-order valence-electron chi connectivity index (χ0n) is 12.9. The van der Waals surface area contributed by atoms with E-state index in [4.69, 9.17) is 0 Å². The predicted octanol–water partition coefficient (Wildman–Crippen LogP) is 4.95. The molecule has 2 fully saturated rings. The molecule has 1 atom stereocenters. The van der Waals surface area contributed by atoms with Crippen LogP contribution in [0.25, 0.3) is 0 Å². The third-order valence-electron chi connectivity index (χ3n) is 5.44. The van der Waals surface area contributed by atoms with Crippen LogP contribution in [0.4, 0.5) is 0 Å². The lowest BCUT2D eigenvalue weighted by molar-refractivity contribution is -0.137. The molecule has 2 nitrogen and oxygen atoms in total. The molecular formula is C19H26O2. The van der Waals surface area contributed by atoms with Crippen molar-refractivity contribution < 1.29 is 9.90 Å². The Morgan fingerprint density at radius 1 is 1.14 bits per heavy atom. The van der Waals surface area contributed by atoms with Gasteiger partial charge in [0.1, 0.15) is 0 Å². The van der Waals surface area contributed by atoms with Crippen LogP contribution in [0.15, 0.2) is 24.3 Å². The molecule has 0 heterocycles. The molecule has 2 aliphatic rings. The van der Waals surface area contributed by atoms with Gasteiger partial charge < -0.3 is 5.11 Å². The van der Waals surface area contributed by atoms with Gasteiger partial charge in [-0.25, -0.2) is 0 Å². The molecule has 1 aromatic rings. The van der Waals surface area contributed by atoms with Crippen LogP contribution in [-0.2, 0) is 4.79 Å². The average Bonchev–Trinajstić information content (AvgIpc) is 3.30. The van der Waals surface area contributed by atoms with E-state index < -0.39 is 5.97 Å². The van der Waals surface area contributed by atoms with Gasteiger partial charge in [-0.3, -0.25) is 4.79 Å². The van der Waals surface area contributed by atoms with E-state index in [0.717, 1.165) is 5.92 Å². The van der Waals surface area contributed by atoms with Gasteiger partial charge in [0, 0.05) is 0 Å². The second-order valence-electron chi connectivity index (χ2n) is 7.13. The number of rotatable bonds is 5. The molecule has 1 N–H and O–H groups in total. The topological polar surface area (TPSA) is 37.3 Å². The Kier molecular flexibility index (Phi) is 4.32. The highest BCUT2D eigenvalue weighted by Crippen LogP contribution is 2.48. The summed E-state index contributed by atoms with van der Waals surface area (Å²) in [5.41, 5.74) is 2.78. The number of aliphatic carboxylic acids is 1. The van der Waals surface area contributed by atoms with Crippen molar-refractivity contribution in [2.75, 3.05) is 0 Å². The van der Waals surface area contributed by atoms with E-state index >= 15 is 0 Å². The van der Waals surface area contributed by atoms with Gasteiger partial charge in [-0.15, -0.1) is 0 Å². The van der Waals surface area contributed by atoms with E-state index in [9.17, 15) is 9.90 Å². The first kappa shape index (κ1) is 14.6. The van der Waals surface area contributed by atoms with Crippen LogP contribution in [0.2, 0.25) is 0 Å². The van der Waals surface area contributed by atoms with Gasteiger partial charge in [-0.2, -0.15) is 0 Å². The van der Waals surface area contributed by atoms with Crippen LogP contribution in [0.1, 0.15) is 74.8 Å². The smallest absolute Gasteiger partial charge is 0.303 e. The highest BCUT2D eigenvalue weighted by Gasteiger charge is 2.35. The van der Waals surface area contributed by atoms with Crippen molar-refractivity contribution in [2.24, 2.45) is 11.8 Å². The van der Waals surface area contributed by atoms with E-state index in [1.165, 1.54) is 49.7 Å². The molecule has 3 rings (SSSR count). The van der Waals surface area contributed by atoms with Gasteiger partial charge in [0.15, 0.2) is 0 Å². The van der Waals surface area contributed by atoms with Crippen molar-refractivity contribution in [3.05, 3.63) is 35.4 Å². The second-order valence-corrected chi connectivity index (χ2v) is 7.13. The number of carbonyl (C=O) groups is 1. The maximum absolute atomic E-state index is 11.2. The molecule has 2 saturated carbocycles. The van der Waals surface area contributed by atoms with E-state index in [0.29, 0.717) is 18.3 Å². The average molecular weight is 286 g/mol. The molecule has 0 radical (unpaired) electrons. The van der Waals surface area contributed by atoms with Crippen molar-refractivity contribution >= 4 is 5.97 Å². The molecule has 2 aliphatic carbocycles. The summed E-state index contributed by atoms with van der Waals surface area (Å²) in [6.45, 7) is 2.35. The van der Waals surface area contributed by atoms with Crippen LogP contribution < -0.4 is 0 Å². The molecule has 0 amide bonds. The Balaban J connectivity index is 1.85. The van der Waals surface area contributed by atoms with Crippen LogP contribution in [0, 0.1) is 11.8 Å². The molecular weight excluding hydrogens is 260 g/mol. The van der Waals surface area contributed by atoms with Crippen molar-refractivity contribution in [2.45, 2.75) is 63.7 Å². The largest absolute Gasteiger partial charge is 0.481 e. The summed E-state index contributed by atoms with van der Waals surface area (Å²) in [6, 6.07) is 8.66. The van der Waals surface area contributed by atoms with Crippen LogP contribution in [0.5, 0.6) is 0 Å². The Hall–Kier alpha value is -1.31. The number of benzene rings is 1. The van der Waals surface area contributed by atoms with Crippen LogP contribution >= 0.6 is 0 Å². The lowest BCUT2D eigenvalue weighted by Gasteiger charge is -2.30. The van der Waals surface area contributed by atoms with Crippen molar-refractivity contribution in [3.8, 4) is 0 Å². The standard InChI is InChI=1S/C19H26O2/c1-13-6-8-14(9-7-13)16-4-2-3-5-17(16)18(12-19(20)21)15-10-11-15/h2-5,13-15,18H,6-12H2,1H3,(H,20,21). The van der Waals surface area contributed by atoms with Crippen molar-refractivity contribution in [1.29, 1.82) is 0 Å². The molecule has 0 bridgehead atoms. The molecule has 1 aromatic carbocycles. The Bertz CT molecular complexity index is 496. The molecule has 0 aliphatic heterocycles. The first-order valence-corrected chi connectivity index (χ1v) is 8.45. The molecule has 0 spiro atoms. The summed E-state index contributed by atoms with van der Waals surface area (Å²) in [6.07, 6.45) is 7.86. The molecule has 0 aromatic heterocycles. The van der Waals surface area contributed by atoms with Gasteiger partial charge >= 0.3 is 5.97 Å². The van der Waals surface area contributed by atoms with Gasteiger partial charge in [-0.1, -0.05) is 44.0 Å². The Morgan fingerprint density at radius 2 is 1.81 bits per heavy atom. The first-order chi connectivity index (χ1) is 10.1. The monoisotopic (exact) mass is 286 g/mol. The summed E-state index contributed by atoms with van der Waals surface area (Å²) < 4.78 is 0. The summed E-state index contributed by atoms with van der Waals surface area (Å²) in [7, 11) is 0. The summed E-state index contributed by atoms with van der Waals surface area (Å²) in [4.78, 5) is 11.2. The third-order valence-corrected chi connectivity index (χ3v) is 5.44. The van der Waals surface area contributed by atoms with Gasteiger partial charge in [0.2, 0.25) is 0 Å². The predicted molar refractivity (Wildman–Crippen MR) is 84.5 cm³/mol. The molecule has 114 valence electrons. The lowest BCUT2D eigenvalue weighted by atomic mass is 9.75. The SMILES string of the molecule is CC1CCC(c2ccccc2C(CC(=O)O)C2CC2)CC1. The van der Waals surface area contributed by atoms with E-state index in [1.807, 2.05) is 0 Å². The molecule has 21 heavy (non-hydrogen) atoms. The van der Waals surface area contributed by atoms with Crippen LogP contribution in [-0.4, -0.2) is 11.1 Å². The first-order valence-electron chi connectivity index (χ1n) is 8.45. The van der Waals surface area contributed by atoms with E-state index in [-0.39, 0.29) is 5.92 Å². The van der Waals surface area contributed by atoms with Gasteiger partial charge in [0.25, 0.3) is 0 Å².